The van der Waals surface area contributed by atoms with Gasteiger partial charge in [-0.15, -0.1) is 0 Å². The van der Waals surface area contributed by atoms with E-state index in [0.29, 0.717) is 33.5 Å². The minimum Gasteiger partial charge on any atom is -0.402 e. The summed E-state index contributed by atoms with van der Waals surface area (Å²) in [6.45, 7) is 11.9. The number of anilines is 1. The van der Waals surface area contributed by atoms with Gasteiger partial charge in [0.1, 0.15) is 18.5 Å². The Labute approximate surface area is 185 Å². The van der Waals surface area contributed by atoms with Crippen LogP contribution in [0.3, 0.4) is 0 Å². The zero-order valence-corrected chi connectivity index (χ0v) is 19.0. The molecule has 0 bridgehead atoms. The quantitative estimate of drug-likeness (QED) is 0.0999. The van der Waals surface area contributed by atoms with Gasteiger partial charge in [0.15, 0.2) is 0 Å². The summed E-state index contributed by atoms with van der Waals surface area (Å²) in [6, 6.07) is 5.00. The van der Waals surface area contributed by atoms with Gasteiger partial charge in [0, 0.05) is 34.5 Å². The van der Waals surface area contributed by atoms with Gasteiger partial charge in [-0.05, 0) is 49.5 Å². The first-order valence-corrected chi connectivity index (χ1v) is 9.98. The number of nitrogens with zero attached hydrogens (tertiary/aromatic N) is 1. The Morgan fingerprint density at radius 1 is 1.26 bits per heavy atom. The van der Waals surface area contributed by atoms with Gasteiger partial charge in [-0.25, -0.2) is 4.99 Å². The number of hydrogen-bond donors (Lipinski definition) is 5. The van der Waals surface area contributed by atoms with Gasteiger partial charge in [-0.1, -0.05) is 39.5 Å². The lowest BCUT2D eigenvalue weighted by Crippen LogP contribution is -2.15. The second kappa shape index (κ2) is 13.7. The molecule has 0 aliphatic carbocycles. The number of nitrogens with two attached hydrogens (primary N) is 3. The zero-order valence-electron chi connectivity index (χ0n) is 19.0. The fourth-order valence-electron chi connectivity index (χ4n) is 2.52. The van der Waals surface area contributed by atoms with Crippen LogP contribution in [0.25, 0.3) is 0 Å². The molecule has 7 heteroatoms. The highest BCUT2D eigenvalue weighted by molar-refractivity contribution is 6.16. The summed E-state index contributed by atoms with van der Waals surface area (Å²) in [5, 5.41) is 15.3. The van der Waals surface area contributed by atoms with Crippen LogP contribution in [0.15, 0.2) is 59.3 Å². The van der Waals surface area contributed by atoms with Gasteiger partial charge < -0.3 is 22.0 Å². The number of unbranched alkanes of at least 4 members (excludes halogenated alkanes) is 1. The molecule has 0 unspecified atom stereocenters. The summed E-state index contributed by atoms with van der Waals surface area (Å²) >= 11 is 0. The SMILES string of the molecule is C=C/C=C(\C=C(/C)N)C(=N)c1cc(C(N)=NC=N)ccc1N.CC(C)(C)CCCC=O. The minimum absolute atomic E-state index is 0.184. The summed E-state index contributed by atoms with van der Waals surface area (Å²) in [4.78, 5) is 13.6. The Morgan fingerprint density at radius 3 is 2.39 bits per heavy atom. The van der Waals surface area contributed by atoms with Crippen LogP contribution in [0.4, 0.5) is 5.69 Å². The van der Waals surface area contributed by atoms with Crippen molar-refractivity contribution < 1.29 is 4.79 Å². The Morgan fingerprint density at radius 2 is 1.90 bits per heavy atom. The van der Waals surface area contributed by atoms with Crippen molar-refractivity contribution in [2.45, 2.75) is 47.0 Å². The Kier molecular flexibility index (Phi) is 12.2. The normalized spacial score (nSPS) is 12.5. The van der Waals surface area contributed by atoms with Gasteiger partial charge in [0.25, 0.3) is 0 Å². The second-order valence-corrected chi connectivity index (χ2v) is 8.19. The molecule has 0 fully saturated rings. The maximum atomic E-state index is 9.89. The second-order valence-electron chi connectivity index (χ2n) is 8.19. The molecule has 168 valence electrons. The van der Waals surface area contributed by atoms with Gasteiger partial charge in [-0.3, -0.25) is 10.8 Å². The molecule has 0 heterocycles. The first-order valence-electron chi connectivity index (χ1n) is 9.98. The van der Waals surface area contributed by atoms with Crippen LogP contribution in [-0.2, 0) is 4.79 Å². The molecule has 31 heavy (non-hydrogen) atoms. The van der Waals surface area contributed by atoms with E-state index in [1.165, 1.54) is 0 Å². The molecule has 0 aromatic heterocycles. The summed E-state index contributed by atoms with van der Waals surface area (Å²) in [5.41, 5.74) is 20.7. The fraction of sp³-hybridized carbons (Fsp3) is 0.333. The van der Waals surface area contributed by atoms with Crippen molar-refractivity contribution in [3.05, 3.63) is 65.4 Å². The van der Waals surface area contributed by atoms with E-state index in [4.69, 9.17) is 28.0 Å². The molecule has 1 aromatic carbocycles. The summed E-state index contributed by atoms with van der Waals surface area (Å²) in [5.74, 6) is 0.184. The number of carbonyl (C=O) groups is 1. The lowest BCUT2D eigenvalue weighted by atomic mass is 9.90. The molecular formula is C24H36N6O. The first-order chi connectivity index (χ1) is 14.5. The number of nitrogen functional groups attached to an aromatic ring is 1. The third-order valence-electron chi connectivity index (χ3n) is 4.04. The van der Waals surface area contributed by atoms with E-state index >= 15 is 0 Å². The molecule has 0 atom stereocenters. The van der Waals surface area contributed by atoms with Crippen LogP contribution in [-0.4, -0.2) is 24.2 Å². The van der Waals surface area contributed by atoms with Crippen molar-refractivity contribution in [2.24, 2.45) is 21.9 Å². The van der Waals surface area contributed by atoms with Crippen molar-refractivity contribution in [3.8, 4) is 0 Å². The molecule has 8 N–H and O–H groups in total. The van der Waals surface area contributed by atoms with E-state index in [-0.39, 0.29) is 11.5 Å². The van der Waals surface area contributed by atoms with Gasteiger partial charge in [-0.2, -0.15) is 0 Å². The average molecular weight is 425 g/mol. The smallest absolute Gasteiger partial charge is 0.132 e. The van der Waals surface area contributed by atoms with Crippen molar-refractivity contribution in [1.29, 1.82) is 10.8 Å². The van der Waals surface area contributed by atoms with Crippen LogP contribution in [0, 0.1) is 16.2 Å². The molecule has 0 amide bonds. The minimum atomic E-state index is 0.184. The number of aliphatic imine (C=N–C) groups is 1. The predicted molar refractivity (Wildman–Crippen MR) is 133 cm³/mol. The monoisotopic (exact) mass is 424 g/mol. The maximum Gasteiger partial charge on any atom is 0.132 e. The van der Waals surface area contributed by atoms with Gasteiger partial charge in [0.05, 0.1) is 5.71 Å². The summed E-state index contributed by atoms with van der Waals surface area (Å²) in [6.07, 6.45) is 9.68. The third kappa shape index (κ3) is 11.3. The van der Waals surface area contributed by atoms with Crippen LogP contribution in [0.2, 0.25) is 0 Å². The van der Waals surface area contributed by atoms with Gasteiger partial charge in [0.2, 0.25) is 0 Å². The van der Waals surface area contributed by atoms with E-state index in [9.17, 15) is 4.79 Å². The number of amidine groups is 1. The van der Waals surface area contributed by atoms with Crippen molar-refractivity contribution in [3.63, 3.8) is 0 Å². The summed E-state index contributed by atoms with van der Waals surface area (Å²) in [7, 11) is 0. The van der Waals surface area contributed by atoms with E-state index in [0.717, 1.165) is 31.9 Å². The fourth-order valence-corrected chi connectivity index (χ4v) is 2.52. The van der Waals surface area contributed by atoms with E-state index in [1.54, 1.807) is 43.4 Å². The van der Waals surface area contributed by atoms with E-state index in [1.807, 2.05) is 0 Å². The highest BCUT2D eigenvalue weighted by Crippen LogP contribution is 2.21. The topological polar surface area (TPSA) is 155 Å². The van der Waals surface area contributed by atoms with E-state index in [2.05, 4.69) is 32.3 Å². The Bertz CT molecular complexity index is 869. The van der Waals surface area contributed by atoms with Crippen LogP contribution in [0.5, 0.6) is 0 Å². The standard InChI is InChI=1S/C16H20N6.C8H16O/c1-3-4-11(7-10(2)18)15(20)13-8-12(5-6-14(13)19)16(21)22-9-17;1-8(2,3)6-4-5-7-9/h3-9,20H,1,18-19H2,2H3,(H3,17,21,22);7H,4-6H2,1-3H3/b10-7+,11-4+,20-15?;. The average Bonchev–Trinajstić information content (AvgIpc) is 2.67. The number of carbonyl (C=O) groups excluding carboxylic acids is 1. The number of rotatable bonds is 9. The first kappa shape index (κ1) is 27.5. The van der Waals surface area contributed by atoms with Crippen molar-refractivity contribution in [2.75, 3.05) is 5.73 Å². The van der Waals surface area contributed by atoms with Crippen LogP contribution >= 0.6 is 0 Å². The number of hydrogen-bond acceptors (Lipinski definition) is 5. The molecule has 0 aliphatic rings. The molecule has 0 saturated heterocycles. The lowest BCUT2D eigenvalue weighted by molar-refractivity contribution is -0.108. The molecule has 0 radical (unpaired) electrons. The van der Waals surface area contributed by atoms with E-state index < -0.39 is 0 Å². The number of aldehydes is 1. The van der Waals surface area contributed by atoms with Crippen LogP contribution in [0.1, 0.15) is 58.1 Å². The highest BCUT2D eigenvalue weighted by atomic mass is 16.1. The van der Waals surface area contributed by atoms with Crippen molar-refractivity contribution >= 4 is 29.9 Å². The van der Waals surface area contributed by atoms with Crippen molar-refractivity contribution in [1.82, 2.24) is 0 Å². The lowest BCUT2D eigenvalue weighted by Gasteiger charge is -2.16. The molecule has 0 spiro atoms. The highest BCUT2D eigenvalue weighted by Gasteiger charge is 2.12. The third-order valence-corrected chi connectivity index (χ3v) is 4.04. The number of nitrogens with one attached hydrogen (secondary N) is 2. The predicted octanol–water partition coefficient (Wildman–Crippen LogP) is 4.33. The summed E-state index contributed by atoms with van der Waals surface area (Å²) < 4.78 is 0. The largest absolute Gasteiger partial charge is 0.402 e. The van der Waals surface area contributed by atoms with Crippen LogP contribution < -0.4 is 17.2 Å². The molecule has 1 aromatic rings. The Balaban J connectivity index is 0.000000842. The number of benzene rings is 1. The number of allylic oxidation sites excluding steroid dienone is 5. The molecular weight excluding hydrogens is 388 g/mol. The molecule has 0 aliphatic heterocycles. The maximum absolute atomic E-state index is 9.89. The molecule has 7 nitrogen and oxygen atoms in total. The Hall–Kier alpha value is -3.48. The molecule has 1 rings (SSSR count). The van der Waals surface area contributed by atoms with Gasteiger partial charge >= 0.3 is 0 Å². The molecule has 0 saturated carbocycles. The zero-order chi connectivity index (χ0) is 24.0.